The molecule has 2 nitrogen and oxygen atoms in total. The third kappa shape index (κ3) is 1.74. The average molecular weight is 266 g/mol. The molecule has 1 aliphatic heterocycles. The maximum absolute atomic E-state index is 13.1. The molecule has 20 heavy (non-hydrogen) atoms. The molecule has 4 rings (SSSR count). The van der Waals surface area contributed by atoms with Gasteiger partial charge in [-0.25, -0.2) is 4.39 Å². The Morgan fingerprint density at radius 1 is 1.05 bits per heavy atom. The van der Waals surface area contributed by atoms with Crippen LogP contribution in [0.3, 0.4) is 0 Å². The van der Waals surface area contributed by atoms with Crippen LogP contribution >= 0.6 is 0 Å². The van der Waals surface area contributed by atoms with Gasteiger partial charge in [0.05, 0.1) is 6.04 Å². The van der Waals surface area contributed by atoms with Crippen molar-refractivity contribution in [2.45, 2.75) is 12.6 Å². The molecule has 1 unspecified atom stereocenters. The SMILES string of the molecule is Fc1ccc(C2NCCn3c2cc2ccccc23)cc1. The van der Waals surface area contributed by atoms with Gasteiger partial charge < -0.3 is 9.88 Å². The lowest BCUT2D eigenvalue weighted by molar-refractivity contribution is 0.474. The number of hydrogen-bond donors (Lipinski definition) is 1. The molecule has 0 aliphatic carbocycles. The lowest BCUT2D eigenvalue weighted by Gasteiger charge is -2.27. The van der Waals surface area contributed by atoms with E-state index < -0.39 is 0 Å². The first-order valence-corrected chi connectivity index (χ1v) is 6.90. The number of nitrogens with one attached hydrogen (secondary N) is 1. The highest BCUT2D eigenvalue weighted by Gasteiger charge is 2.23. The second-order valence-corrected chi connectivity index (χ2v) is 5.22. The van der Waals surface area contributed by atoms with Crippen LogP contribution < -0.4 is 5.32 Å². The monoisotopic (exact) mass is 266 g/mol. The van der Waals surface area contributed by atoms with Crippen LogP contribution in [-0.2, 0) is 6.54 Å². The highest BCUT2D eigenvalue weighted by molar-refractivity contribution is 5.81. The van der Waals surface area contributed by atoms with Crippen LogP contribution in [0.1, 0.15) is 17.3 Å². The van der Waals surface area contributed by atoms with E-state index in [1.165, 1.54) is 28.7 Å². The molecule has 1 aliphatic rings. The molecule has 0 saturated carbocycles. The fourth-order valence-corrected chi connectivity index (χ4v) is 3.09. The Balaban J connectivity index is 1.87. The summed E-state index contributed by atoms with van der Waals surface area (Å²) < 4.78 is 15.5. The van der Waals surface area contributed by atoms with Gasteiger partial charge in [-0.3, -0.25) is 0 Å². The van der Waals surface area contributed by atoms with E-state index in [0.717, 1.165) is 18.7 Å². The molecule has 1 N–H and O–H groups in total. The highest BCUT2D eigenvalue weighted by Crippen LogP contribution is 2.30. The Kier molecular flexibility index (Phi) is 2.60. The molecule has 0 spiro atoms. The third-order valence-corrected chi connectivity index (χ3v) is 4.03. The number of nitrogens with zero attached hydrogens (tertiary/aromatic N) is 1. The van der Waals surface area contributed by atoms with Gasteiger partial charge in [-0.1, -0.05) is 30.3 Å². The number of benzene rings is 2. The van der Waals surface area contributed by atoms with E-state index in [1.807, 2.05) is 12.1 Å². The molecule has 1 atom stereocenters. The van der Waals surface area contributed by atoms with Gasteiger partial charge in [-0.2, -0.15) is 0 Å². The number of rotatable bonds is 1. The molecule has 0 bridgehead atoms. The molecule has 0 saturated heterocycles. The quantitative estimate of drug-likeness (QED) is 0.713. The van der Waals surface area contributed by atoms with Gasteiger partial charge in [0.25, 0.3) is 0 Å². The number of para-hydroxylation sites is 1. The van der Waals surface area contributed by atoms with Gasteiger partial charge in [-0.15, -0.1) is 0 Å². The fraction of sp³-hybridized carbons (Fsp3) is 0.176. The normalized spacial score (nSPS) is 18.1. The smallest absolute Gasteiger partial charge is 0.123 e. The Hall–Kier alpha value is -2.13. The average Bonchev–Trinajstić information content (AvgIpc) is 2.87. The van der Waals surface area contributed by atoms with Crippen molar-refractivity contribution in [1.29, 1.82) is 0 Å². The molecule has 2 aromatic carbocycles. The van der Waals surface area contributed by atoms with Gasteiger partial charge >= 0.3 is 0 Å². The van der Waals surface area contributed by atoms with E-state index in [9.17, 15) is 4.39 Å². The van der Waals surface area contributed by atoms with Crippen molar-refractivity contribution in [2.24, 2.45) is 0 Å². The summed E-state index contributed by atoms with van der Waals surface area (Å²) >= 11 is 0. The van der Waals surface area contributed by atoms with E-state index in [-0.39, 0.29) is 11.9 Å². The Morgan fingerprint density at radius 2 is 1.85 bits per heavy atom. The maximum atomic E-state index is 13.1. The lowest BCUT2D eigenvalue weighted by Crippen LogP contribution is -2.33. The van der Waals surface area contributed by atoms with E-state index in [0.29, 0.717) is 0 Å². The molecule has 0 amide bonds. The van der Waals surface area contributed by atoms with Gasteiger partial charge in [0.1, 0.15) is 5.82 Å². The zero-order valence-corrected chi connectivity index (χ0v) is 11.0. The topological polar surface area (TPSA) is 17.0 Å². The fourth-order valence-electron chi connectivity index (χ4n) is 3.09. The minimum atomic E-state index is -0.190. The van der Waals surface area contributed by atoms with Crippen molar-refractivity contribution in [3.63, 3.8) is 0 Å². The summed E-state index contributed by atoms with van der Waals surface area (Å²) in [6.07, 6.45) is 0. The maximum Gasteiger partial charge on any atom is 0.123 e. The molecule has 0 radical (unpaired) electrons. The summed E-state index contributed by atoms with van der Waals surface area (Å²) in [6.45, 7) is 1.90. The largest absolute Gasteiger partial charge is 0.341 e. The number of aromatic nitrogens is 1. The van der Waals surface area contributed by atoms with Crippen LogP contribution in [0.4, 0.5) is 4.39 Å². The van der Waals surface area contributed by atoms with Crippen LogP contribution in [0.2, 0.25) is 0 Å². The van der Waals surface area contributed by atoms with Crippen molar-refractivity contribution < 1.29 is 4.39 Å². The summed E-state index contributed by atoms with van der Waals surface area (Å²) in [6, 6.07) is 17.6. The van der Waals surface area contributed by atoms with Gasteiger partial charge in [0.15, 0.2) is 0 Å². The first-order chi connectivity index (χ1) is 9.83. The summed E-state index contributed by atoms with van der Waals surface area (Å²) in [5, 5.41) is 4.79. The Labute approximate surface area is 116 Å². The number of hydrogen-bond acceptors (Lipinski definition) is 1. The van der Waals surface area contributed by atoms with Crippen LogP contribution in [0.25, 0.3) is 10.9 Å². The first kappa shape index (κ1) is 11.7. The summed E-state index contributed by atoms with van der Waals surface area (Å²) in [5.74, 6) is -0.190. The van der Waals surface area contributed by atoms with Crippen molar-refractivity contribution in [2.75, 3.05) is 6.54 Å². The highest BCUT2D eigenvalue weighted by atomic mass is 19.1. The minimum Gasteiger partial charge on any atom is -0.341 e. The van der Waals surface area contributed by atoms with Crippen LogP contribution in [0.15, 0.2) is 54.6 Å². The summed E-state index contributed by atoms with van der Waals surface area (Å²) in [7, 11) is 0. The van der Waals surface area contributed by atoms with E-state index in [1.54, 1.807) is 0 Å². The van der Waals surface area contributed by atoms with Gasteiger partial charge in [-0.05, 0) is 35.2 Å². The lowest BCUT2D eigenvalue weighted by atomic mass is 10.0. The van der Waals surface area contributed by atoms with E-state index in [2.05, 4.69) is 40.2 Å². The predicted octanol–water partition coefficient (Wildman–Crippen LogP) is 3.47. The molecular formula is C17H15FN2. The van der Waals surface area contributed by atoms with Crippen molar-refractivity contribution in [1.82, 2.24) is 9.88 Å². The molecule has 0 fully saturated rings. The number of halogens is 1. The van der Waals surface area contributed by atoms with Crippen LogP contribution in [0, 0.1) is 5.82 Å². The third-order valence-electron chi connectivity index (χ3n) is 4.03. The van der Waals surface area contributed by atoms with E-state index >= 15 is 0 Å². The predicted molar refractivity (Wildman–Crippen MR) is 78.2 cm³/mol. The molecule has 3 heteroatoms. The zero-order chi connectivity index (χ0) is 13.5. The molecule has 100 valence electrons. The molecular weight excluding hydrogens is 251 g/mol. The number of fused-ring (bicyclic) bond motifs is 3. The Morgan fingerprint density at radius 3 is 2.70 bits per heavy atom. The second-order valence-electron chi connectivity index (χ2n) is 5.22. The van der Waals surface area contributed by atoms with Gasteiger partial charge in [0.2, 0.25) is 0 Å². The molecule has 2 heterocycles. The van der Waals surface area contributed by atoms with Crippen molar-refractivity contribution >= 4 is 10.9 Å². The van der Waals surface area contributed by atoms with Crippen LogP contribution in [0.5, 0.6) is 0 Å². The minimum absolute atomic E-state index is 0.136. The first-order valence-electron chi connectivity index (χ1n) is 6.90. The van der Waals surface area contributed by atoms with Gasteiger partial charge in [0, 0.05) is 24.3 Å². The Bertz CT molecular complexity index is 758. The second kappa shape index (κ2) is 4.46. The van der Waals surface area contributed by atoms with E-state index in [4.69, 9.17) is 0 Å². The van der Waals surface area contributed by atoms with Crippen molar-refractivity contribution in [3.8, 4) is 0 Å². The van der Waals surface area contributed by atoms with Crippen LogP contribution in [-0.4, -0.2) is 11.1 Å². The summed E-state index contributed by atoms with van der Waals surface area (Å²) in [4.78, 5) is 0. The molecule has 3 aromatic rings. The molecule has 1 aromatic heterocycles. The standard InChI is InChI=1S/C17H15FN2/c18-14-7-5-12(6-8-14)17-16-11-13-3-1-2-4-15(13)20(16)10-9-19-17/h1-8,11,17,19H,9-10H2. The zero-order valence-electron chi connectivity index (χ0n) is 11.0. The summed E-state index contributed by atoms with van der Waals surface area (Å²) in [5.41, 5.74) is 3.63. The van der Waals surface area contributed by atoms with Crippen molar-refractivity contribution in [3.05, 3.63) is 71.7 Å².